The molecular weight excluding hydrogens is 282 g/mol. The van der Waals surface area contributed by atoms with E-state index >= 15 is 0 Å². The van der Waals surface area contributed by atoms with E-state index in [4.69, 9.17) is 9.84 Å². The number of aliphatic hydroxyl groups is 1. The van der Waals surface area contributed by atoms with Crippen LogP contribution in [0, 0.1) is 5.92 Å². The van der Waals surface area contributed by atoms with Gasteiger partial charge in [0.05, 0.1) is 12.0 Å². The SMILES string of the molecule is CCc1cccc2c1OCC(N1CCC(C(=O)O)CC1)C2O. The molecule has 22 heavy (non-hydrogen) atoms. The Kier molecular flexibility index (Phi) is 4.36. The van der Waals surface area contributed by atoms with Crippen LogP contribution in [0.3, 0.4) is 0 Å². The predicted molar refractivity (Wildman–Crippen MR) is 82.0 cm³/mol. The standard InChI is InChI=1S/C17H23NO4/c1-2-11-4-3-5-13-15(19)14(10-22-16(11)13)18-8-6-12(7-9-18)17(20)21/h3-5,12,14-15,19H,2,6-10H2,1H3,(H,20,21). The molecule has 0 aliphatic carbocycles. The van der Waals surface area contributed by atoms with Crippen molar-refractivity contribution in [1.29, 1.82) is 0 Å². The maximum atomic E-state index is 11.0. The Morgan fingerprint density at radius 2 is 2.09 bits per heavy atom. The lowest BCUT2D eigenvalue weighted by atomic mass is 9.91. The topological polar surface area (TPSA) is 70.0 Å². The summed E-state index contributed by atoms with van der Waals surface area (Å²) < 4.78 is 5.94. The van der Waals surface area contributed by atoms with Crippen LogP contribution in [0.4, 0.5) is 0 Å². The number of rotatable bonds is 3. The molecule has 5 heteroatoms. The van der Waals surface area contributed by atoms with Gasteiger partial charge in [0, 0.05) is 5.56 Å². The molecule has 1 aromatic rings. The fraction of sp³-hybridized carbons (Fsp3) is 0.588. The van der Waals surface area contributed by atoms with Crippen molar-refractivity contribution in [1.82, 2.24) is 4.90 Å². The van der Waals surface area contributed by atoms with Crippen LogP contribution in [-0.4, -0.2) is 46.8 Å². The molecule has 1 aromatic carbocycles. The van der Waals surface area contributed by atoms with Crippen LogP contribution in [0.2, 0.25) is 0 Å². The van der Waals surface area contributed by atoms with Gasteiger partial charge >= 0.3 is 5.97 Å². The molecule has 2 unspecified atom stereocenters. The summed E-state index contributed by atoms with van der Waals surface area (Å²) in [6.07, 6.45) is 1.59. The molecule has 2 heterocycles. The highest BCUT2D eigenvalue weighted by atomic mass is 16.5. The normalized spacial score (nSPS) is 26.3. The lowest BCUT2D eigenvalue weighted by molar-refractivity contribution is -0.143. The number of nitrogens with zero attached hydrogens (tertiary/aromatic N) is 1. The molecule has 3 rings (SSSR count). The maximum absolute atomic E-state index is 11.0. The Bertz CT molecular complexity index is 552. The number of carboxylic acids is 1. The second kappa shape index (κ2) is 6.26. The third-order valence-electron chi connectivity index (χ3n) is 4.94. The summed E-state index contributed by atoms with van der Waals surface area (Å²) in [6.45, 7) is 3.94. The van der Waals surface area contributed by atoms with Gasteiger partial charge in [-0.15, -0.1) is 0 Å². The first-order valence-corrected chi connectivity index (χ1v) is 8.01. The smallest absolute Gasteiger partial charge is 0.306 e. The summed E-state index contributed by atoms with van der Waals surface area (Å²) in [6, 6.07) is 5.83. The second-order valence-electron chi connectivity index (χ2n) is 6.16. The Labute approximate surface area is 130 Å². The number of hydrogen-bond donors (Lipinski definition) is 2. The molecule has 1 saturated heterocycles. The van der Waals surface area contributed by atoms with Crippen molar-refractivity contribution in [3.63, 3.8) is 0 Å². The van der Waals surface area contributed by atoms with Crippen LogP contribution < -0.4 is 4.74 Å². The van der Waals surface area contributed by atoms with Gasteiger partial charge in [-0.1, -0.05) is 25.1 Å². The predicted octanol–water partition coefficient (Wildman–Crippen LogP) is 1.84. The van der Waals surface area contributed by atoms with E-state index < -0.39 is 12.1 Å². The van der Waals surface area contributed by atoms with Crippen molar-refractivity contribution in [3.8, 4) is 5.75 Å². The Balaban J connectivity index is 1.74. The highest BCUT2D eigenvalue weighted by Crippen LogP contribution is 2.38. The number of likely N-dealkylation sites (tertiary alicyclic amines) is 1. The van der Waals surface area contributed by atoms with E-state index in [1.54, 1.807) is 0 Å². The zero-order valence-corrected chi connectivity index (χ0v) is 12.9. The highest BCUT2D eigenvalue weighted by Gasteiger charge is 2.37. The summed E-state index contributed by atoms with van der Waals surface area (Å²) in [7, 11) is 0. The Morgan fingerprint density at radius 1 is 1.36 bits per heavy atom. The minimum atomic E-state index is -0.710. The average molecular weight is 305 g/mol. The number of hydrogen-bond acceptors (Lipinski definition) is 4. The Morgan fingerprint density at radius 3 is 2.73 bits per heavy atom. The van der Waals surface area contributed by atoms with Gasteiger partial charge in [-0.05, 0) is 37.9 Å². The van der Waals surface area contributed by atoms with Crippen molar-refractivity contribution in [2.75, 3.05) is 19.7 Å². The number of para-hydroxylation sites is 1. The minimum Gasteiger partial charge on any atom is -0.491 e. The Hall–Kier alpha value is -1.59. The first kappa shape index (κ1) is 15.3. The van der Waals surface area contributed by atoms with Gasteiger partial charge in [0.2, 0.25) is 0 Å². The van der Waals surface area contributed by atoms with Gasteiger partial charge in [-0.25, -0.2) is 0 Å². The second-order valence-corrected chi connectivity index (χ2v) is 6.16. The van der Waals surface area contributed by atoms with E-state index in [1.807, 2.05) is 18.2 Å². The summed E-state index contributed by atoms with van der Waals surface area (Å²) in [5.41, 5.74) is 1.98. The zero-order valence-electron chi connectivity index (χ0n) is 12.9. The van der Waals surface area contributed by atoms with E-state index in [0.717, 1.165) is 23.3 Å². The molecule has 2 aliphatic rings. The number of carboxylic acid groups (broad SMARTS) is 1. The minimum absolute atomic E-state index is 0.0886. The van der Waals surface area contributed by atoms with E-state index in [1.165, 1.54) is 0 Å². The molecule has 2 atom stereocenters. The van der Waals surface area contributed by atoms with Crippen molar-refractivity contribution in [2.24, 2.45) is 5.92 Å². The number of benzene rings is 1. The van der Waals surface area contributed by atoms with Crippen molar-refractivity contribution in [3.05, 3.63) is 29.3 Å². The molecule has 0 bridgehead atoms. The van der Waals surface area contributed by atoms with Crippen LogP contribution in [-0.2, 0) is 11.2 Å². The first-order valence-electron chi connectivity index (χ1n) is 8.01. The lowest BCUT2D eigenvalue weighted by Crippen LogP contribution is -2.49. The van der Waals surface area contributed by atoms with Crippen molar-refractivity contribution >= 4 is 5.97 Å². The third kappa shape index (κ3) is 2.71. The molecule has 2 aliphatic heterocycles. The van der Waals surface area contributed by atoms with Gasteiger partial charge in [0.15, 0.2) is 0 Å². The quantitative estimate of drug-likeness (QED) is 0.892. The van der Waals surface area contributed by atoms with Crippen LogP contribution in [0.15, 0.2) is 18.2 Å². The average Bonchev–Trinajstić information content (AvgIpc) is 2.55. The van der Waals surface area contributed by atoms with Gasteiger partial charge in [0.25, 0.3) is 0 Å². The van der Waals surface area contributed by atoms with E-state index in [9.17, 15) is 9.90 Å². The van der Waals surface area contributed by atoms with Gasteiger partial charge in [-0.3, -0.25) is 9.69 Å². The molecule has 1 fully saturated rings. The van der Waals surface area contributed by atoms with E-state index in [-0.39, 0.29) is 12.0 Å². The van der Waals surface area contributed by atoms with Crippen molar-refractivity contribution in [2.45, 2.75) is 38.3 Å². The fourth-order valence-corrected chi connectivity index (χ4v) is 3.54. The number of ether oxygens (including phenoxy) is 1. The van der Waals surface area contributed by atoms with Gasteiger partial charge in [0.1, 0.15) is 18.5 Å². The molecule has 0 amide bonds. The fourth-order valence-electron chi connectivity index (χ4n) is 3.54. The zero-order chi connectivity index (χ0) is 15.7. The lowest BCUT2D eigenvalue weighted by Gasteiger charge is -2.41. The molecular formula is C17H23NO4. The molecule has 0 saturated carbocycles. The van der Waals surface area contributed by atoms with Crippen molar-refractivity contribution < 1.29 is 19.7 Å². The molecule has 5 nitrogen and oxygen atoms in total. The largest absolute Gasteiger partial charge is 0.491 e. The number of aryl methyl sites for hydroxylation is 1. The summed E-state index contributed by atoms with van der Waals surface area (Å²) in [5, 5.41) is 19.8. The summed E-state index contributed by atoms with van der Waals surface area (Å²) in [5.74, 6) is -0.135. The first-order chi connectivity index (χ1) is 10.6. The summed E-state index contributed by atoms with van der Waals surface area (Å²) >= 11 is 0. The number of piperidine rings is 1. The monoisotopic (exact) mass is 305 g/mol. The number of aliphatic carboxylic acids is 1. The van der Waals surface area contributed by atoms with Crippen LogP contribution in [0.25, 0.3) is 0 Å². The van der Waals surface area contributed by atoms with E-state index in [2.05, 4.69) is 11.8 Å². The van der Waals surface area contributed by atoms with Crippen LogP contribution in [0.1, 0.15) is 37.0 Å². The van der Waals surface area contributed by atoms with Crippen LogP contribution in [0.5, 0.6) is 5.75 Å². The highest BCUT2D eigenvalue weighted by molar-refractivity contribution is 5.70. The summed E-state index contributed by atoms with van der Waals surface area (Å²) in [4.78, 5) is 13.2. The molecule has 0 spiro atoms. The molecule has 2 N–H and O–H groups in total. The number of fused-ring (bicyclic) bond motifs is 1. The number of carbonyl (C=O) groups is 1. The van der Waals surface area contributed by atoms with E-state index in [0.29, 0.717) is 32.5 Å². The number of aliphatic hydroxyl groups excluding tert-OH is 1. The van der Waals surface area contributed by atoms with Crippen LogP contribution >= 0.6 is 0 Å². The maximum Gasteiger partial charge on any atom is 0.306 e. The molecule has 0 radical (unpaired) electrons. The molecule has 0 aromatic heterocycles. The van der Waals surface area contributed by atoms with Gasteiger partial charge < -0.3 is 14.9 Å². The van der Waals surface area contributed by atoms with Gasteiger partial charge in [-0.2, -0.15) is 0 Å². The third-order valence-corrected chi connectivity index (χ3v) is 4.94. The molecule has 120 valence electrons.